The third-order valence-corrected chi connectivity index (χ3v) is 2.65. The number of hydrogen-bond acceptors (Lipinski definition) is 3. The predicted molar refractivity (Wildman–Crippen MR) is 75.1 cm³/mol. The van der Waals surface area contributed by atoms with Crippen LogP contribution in [0.15, 0.2) is 47.1 Å². The summed E-state index contributed by atoms with van der Waals surface area (Å²) >= 11 is 0. The number of carbonyl (C=O) groups excluding carboxylic acids is 1. The van der Waals surface area contributed by atoms with Gasteiger partial charge in [-0.05, 0) is 43.3 Å². The van der Waals surface area contributed by atoms with Gasteiger partial charge >= 0.3 is 6.03 Å². The number of primary amides is 1. The van der Waals surface area contributed by atoms with E-state index in [9.17, 15) is 4.79 Å². The zero-order chi connectivity index (χ0) is 13.7. The molecule has 0 aliphatic carbocycles. The summed E-state index contributed by atoms with van der Waals surface area (Å²) in [6.07, 6.45) is 2.49. The minimum atomic E-state index is -0.563. The van der Waals surface area contributed by atoms with Crippen molar-refractivity contribution in [3.05, 3.63) is 48.4 Å². The molecule has 5 heteroatoms. The lowest BCUT2D eigenvalue weighted by atomic mass is 10.2. The van der Waals surface area contributed by atoms with Gasteiger partial charge in [0.2, 0.25) is 0 Å². The van der Waals surface area contributed by atoms with Crippen LogP contribution in [0.4, 0.5) is 16.2 Å². The number of rotatable bonds is 5. The van der Waals surface area contributed by atoms with E-state index >= 15 is 0 Å². The molecule has 0 saturated carbocycles. The van der Waals surface area contributed by atoms with Crippen LogP contribution >= 0.6 is 0 Å². The van der Waals surface area contributed by atoms with Crippen molar-refractivity contribution in [1.29, 1.82) is 0 Å². The summed E-state index contributed by atoms with van der Waals surface area (Å²) in [6.45, 7) is 2.08. The molecule has 5 nitrogen and oxygen atoms in total. The van der Waals surface area contributed by atoms with Gasteiger partial charge in [-0.25, -0.2) is 4.79 Å². The van der Waals surface area contributed by atoms with E-state index in [1.165, 1.54) is 0 Å². The quantitative estimate of drug-likeness (QED) is 0.772. The van der Waals surface area contributed by atoms with E-state index in [-0.39, 0.29) is 6.04 Å². The average Bonchev–Trinajstić information content (AvgIpc) is 2.83. The Morgan fingerprint density at radius 3 is 2.53 bits per heavy atom. The molecule has 1 heterocycles. The highest BCUT2D eigenvalue weighted by Gasteiger charge is 2.05. The van der Waals surface area contributed by atoms with Gasteiger partial charge in [0.05, 0.1) is 6.26 Å². The molecule has 1 aromatic carbocycles. The van der Waals surface area contributed by atoms with Gasteiger partial charge in [0, 0.05) is 23.8 Å². The van der Waals surface area contributed by atoms with Crippen LogP contribution in [0.2, 0.25) is 0 Å². The number of urea groups is 1. The average molecular weight is 259 g/mol. The van der Waals surface area contributed by atoms with Crippen LogP contribution in [-0.2, 0) is 6.42 Å². The number of carbonyl (C=O) groups is 1. The lowest BCUT2D eigenvalue weighted by molar-refractivity contribution is 0.259. The maximum absolute atomic E-state index is 10.7. The van der Waals surface area contributed by atoms with E-state index in [2.05, 4.69) is 17.6 Å². The van der Waals surface area contributed by atoms with Gasteiger partial charge in [0.15, 0.2) is 0 Å². The topological polar surface area (TPSA) is 80.3 Å². The molecule has 0 bridgehead atoms. The third-order valence-electron chi connectivity index (χ3n) is 2.65. The Labute approximate surface area is 111 Å². The first-order valence-corrected chi connectivity index (χ1v) is 6.09. The van der Waals surface area contributed by atoms with Gasteiger partial charge in [-0.2, -0.15) is 0 Å². The molecule has 1 unspecified atom stereocenters. The summed E-state index contributed by atoms with van der Waals surface area (Å²) in [5.74, 6) is 0.951. The first-order chi connectivity index (χ1) is 9.13. The summed E-state index contributed by atoms with van der Waals surface area (Å²) in [6, 6.07) is 10.9. The molecule has 1 aromatic heterocycles. The second-order valence-electron chi connectivity index (χ2n) is 4.40. The fourth-order valence-electron chi connectivity index (χ4n) is 1.86. The zero-order valence-electron chi connectivity index (χ0n) is 10.7. The maximum Gasteiger partial charge on any atom is 0.316 e. The van der Waals surface area contributed by atoms with E-state index in [1.54, 1.807) is 18.4 Å². The summed E-state index contributed by atoms with van der Waals surface area (Å²) < 4.78 is 5.30. The Morgan fingerprint density at radius 2 is 1.95 bits per heavy atom. The second-order valence-corrected chi connectivity index (χ2v) is 4.40. The standard InChI is InChI=1S/C14H17N3O2/c1-10(9-13-3-2-8-19-13)16-11-4-6-12(7-5-11)17-14(15)18/h2-8,10,16H,9H2,1H3,(H3,15,17,18). The Bertz CT molecular complexity index is 520. The molecule has 2 amide bonds. The Morgan fingerprint density at radius 1 is 1.26 bits per heavy atom. The van der Waals surface area contributed by atoms with Crippen molar-refractivity contribution >= 4 is 17.4 Å². The van der Waals surface area contributed by atoms with E-state index < -0.39 is 6.03 Å². The molecule has 4 N–H and O–H groups in total. The van der Waals surface area contributed by atoms with Crippen LogP contribution in [0.5, 0.6) is 0 Å². The van der Waals surface area contributed by atoms with Crippen LogP contribution in [0.1, 0.15) is 12.7 Å². The van der Waals surface area contributed by atoms with Crippen molar-refractivity contribution in [2.45, 2.75) is 19.4 Å². The molecule has 0 aliphatic rings. The molecule has 0 saturated heterocycles. The van der Waals surface area contributed by atoms with Gasteiger partial charge in [0.25, 0.3) is 0 Å². The van der Waals surface area contributed by atoms with Crippen molar-refractivity contribution in [2.75, 3.05) is 10.6 Å². The van der Waals surface area contributed by atoms with Crippen molar-refractivity contribution < 1.29 is 9.21 Å². The number of benzene rings is 1. The number of hydrogen-bond donors (Lipinski definition) is 3. The monoisotopic (exact) mass is 259 g/mol. The fraction of sp³-hybridized carbons (Fsp3) is 0.214. The van der Waals surface area contributed by atoms with Gasteiger partial charge in [0.1, 0.15) is 5.76 Å². The third kappa shape index (κ3) is 4.06. The summed E-state index contributed by atoms with van der Waals surface area (Å²) in [5.41, 5.74) is 6.70. The number of amides is 2. The summed E-state index contributed by atoms with van der Waals surface area (Å²) in [4.78, 5) is 10.7. The number of anilines is 2. The Kier molecular flexibility index (Phi) is 4.07. The zero-order valence-corrected chi connectivity index (χ0v) is 10.7. The van der Waals surface area contributed by atoms with Gasteiger partial charge in [-0.3, -0.25) is 0 Å². The molecular formula is C14H17N3O2. The van der Waals surface area contributed by atoms with E-state index in [0.717, 1.165) is 17.9 Å². The van der Waals surface area contributed by atoms with Crippen LogP contribution in [0.3, 0.4) is 0 Å². The molecular weight excluding hydrogens is 242 g/mol. The highest BCUT2D eigenvalue weighted by atomic mass is 16.3. The van der Waals surface area contributed by atoms with Gasteiger partial charge in [-0.15, -0.1) is 0 Å². The largest absolute Gasteiger partial charge is 0.469 e. The Balaban J connectivity index is 1.90. The lowest BCUT2D eigenvalue weighted by Crippen LogP contribution is -2.19. The minimum absolute atomic E-state index is 0.251. The first kappa shape index (κ1) is 13.0. The van der Waals surface area contributed by atoms with E-state index in [1.807, 2.05) is 24.3 Å². The lowest BCUT2D eigenvalue weighted by Gasteiger charge is -2.14. The normalized spacial score (nSPS) is 11.8. The SMILES string of the molecule is CC(Cc1ccco1)Nc1ccc(NC(N)=O)cc1. The van der Waals surface area contributed by atoms with Crippen LogP contribution in [0, 0.1) is 0 Å². The summed E-state index contributed by atoms with van der Waals surface area (Å²) in [7, 11) is 0. The van der Waals surface area contributed by atoms with Crippen molar-refractivity contribution in [3.63, 3.8) is 0 Å². The van der Waals surface area contributed by atoms with Crippen molar-refractivity contribution in [1.82, 2.24) is 0 Å². The van der Waals surface area contributed by atoms with Gasteiger partial charge in [-0.1, -0.05) is 0 Å². The molecule has 0 spiro atoms. The molecule has 0 fully saturated rings. The first-order valence-electron chi connectivity index (χ1n) is 6.09. The molecule has 2 rings (SSSR count). The van der Waals surface area contributed by atoms with E-state index in [0.29, 0.717) is 5.69 Å². The molecule has 0 aliphatic heterocycles. The molecule has 100 valence electrons. The van der Waals surface area contributed by atoms with Crippen LogP contribution in [-0.4, -0.2) is 12.1 Å². The molecule has 19 heavy (non-hydrogen) atoms. The van der Waals surface area contributed by atoms with E-state index in [4.69, 9.17) is 10.2 Å². The number of nitrogens with two attached hydrogens (primary N) is 1. The highest BCUT2D eigenvalue weighted by molar-refractivity contribution is 5.87. The predicted octanol–water partition coefficient (Wildman–Crippen LogP) is 2.81. The molecule has 2 aromatic rings. The van der Waals surface area contributed by atoms with Crippen LogP contribution < -0.4 is 16.4 Å². The number of furan rings is 1. The minimum Gasteiger partial charge on any atom is -0.469 e. The fourth-order valence-corrected chi connectivity index (χ4v) is 1.86. The highest BCUT2D eigenvalue weighted by Crippen LogP contribution is 2.15. The molecule has 0 radical (unpaired) electrons. The van der Waals surface area contributed by atoms with Crippen molar-refractivity contribution in [3.8, 4) is 0 Å². The number of nitrogens with one attached hydrogen (secondary N) is 2. The smallest absolute Gasteiger partial charge is 0.316 e. The Hall–Kier alpha value is -2.43. The van der Waals surface area contributed by atoms with Crippen LogP contribution in [0.25, 0.3) is 0 Å². The van der Waals surface area contributed by atoms with Crippen molar-refractivity contribution in [2.24, 2.45) is 5.73 Å². The summed E-state index contributed by atoms with van der Waals surface area (Å²) in [5, 5.41) is 5.87. The maximum atomic E-state index is 10.7. The second kappa shape index (κ2) is 5.95. The van der Waals surface area contributed by atoms with Gasteiger partial charge < -0.3 is 20.8 Å². The molecule has 1 atom stereocenters.